The summed E-state index contributed by atoms with van der Waals surface area (Å²) in [5, 5.41) is 1.18. The summed E-state index contributed by atoms with van der Waals surface area (Å²) in [4.78, 5) is 13.7. The van der Waals surface area contributed by atoms with Crippen LogP contribution in [-0.4, -0.2) is 23.2 Å². The van der Waals surface area contributed by atoms with Crippen LogP contribution in [0.25, 0.3) is 0 Å². The fourth-order valence-electron chi connectivity index (χ4n) is 5.53. The molecule has 0 radical (unpaired) electrons. The van der Waals surface area contributed by atoms with E-state index in [0.29, 0.717) is 24.2 Å². The van der Waals surface area contributed by atoms with E-state index in [0.717, 1.165) is 33.8 Å². The summed E-state index contributed by atoms with van der Waals surface area (Å²) in [6.45, 7) is 1.25. The largest absolute Gasteiger partial charge is 0.348 e. The maximum atomic E-state index is 6.80. The first-order valence-electron chi connectivity index (χ1n) is 12.7. The predicted octanol–water partition coefficient (Wildman–Crippen LogP) is 8.26. The summed E-state index contributed by atoms with van der Waals surface area (Å²) in [5.41, 5.74) is 4.58. The number of hydrogen-bond acceptors (Lipinski definition) is 4. The van der Waals surface area contributed by atoms with Crippen LogP contribution in [-0.2, 0) is 12.0 Å². The van der Waals surface area contributed by atoms with Gasteiger partial charge in [0.25, 0.3) is 0 Å². The SMILES string of the molecule is Clc1ccc(CCN2CN(C(c3ccccc3)(c3ccccc3)c3ccccc3)c3nc(Cl)nc(Cl)c32)cc1. The van der Waals surface area contributed by atoms with E-state index >= 15 is 0 Å². The second-order valence-electron chi connectivity index (χ2n) is 9.47. The molecule has 0 N–H and O–H groups in total. The molecule has 1 aliphatic heterocycles. The van der Waals surface area contributed by atoms with Crippen molar-refractivity contribution in [3.63, 3.8) is 0 Å². The van der Waals surface area contributed by atoms with E-state index in [1.54, 1.807) is 0 Å². The highest BCUT2D eigenvalue weighted by molar-refractivity contribution is 6.34. The Morgan fingerprint density at radius 1 is 0.641 bits per heavy atom. The molecular weight excluding hydrogens is 547 g/mol. The topological polar surface area (TPSA) is 32.3 Å². The molecule has 2 heterocycles. The quantitative estimate of drug-likeness (QED) is 0.112. The van der Waals surface area contributed by atoms with Crippen molar-refractivity contribution in [2.75, 3.05) is 23.0 Å². The van der Waals surface area contributed by atoms with Crippen LogP contribution >= 0.6 is 34.8 Å². The van der Waals surface area contributed by atoms with Crippen LogP contribution in [0.5, 0.6) is 0 Å². The van der Waals surface area contributed by atoms with Crippen LogP contribution in [0.2, 0.25) is 15.5 Å². The van der Waals surface area contributed by atoms with Crippen LogP contribution in [0.3, 0.4) is 0 Å². The molecule has 7 heteroatoms. The molecule has 0 saturated heterocycles. The lowest BCUT2D eigenvalue weighted by Gasteiger charge is -2.44. The summed E-state index contributed by atoms with van der Waals surface area (Å²) in [5.74, 6) is 0.702. The molecule has 0 bridgehead atoms. The van der Waals surface area contributed by atoms with Crippen LogP contribution < -0.4 is 9.80 Å². The Morgan fingerprint density at radius 2 is 1.15 bits per heavy atom. The zero-order valence-corrected chi connectivity index (χ0v) is 23.3. The highest BCUT2D eigenvalue weighted by Gasteiger charge is 2.48. The second kappa shape index (κ2) is 10.9. The predicted molar refractivity (Wildman–Crippen MR) is 161 cm³/mol. The Hall–Kier alpha value is -3.57. The summed E-state index contributed by atoms with van der Waals surface area (Å²) >= 11 is 19.4. The minimum Gasteiger partial charge on any atom is -0.348 e. The van der Waals surface area contributed by atoms with Crippen LogP contribution in [0, 0.1) is 0 Å². The standard InChI is InChI=1S/C32H25Cl3N4/c33-27-18-16-23(17-19-27)20-21-38-22-39(30-28(38)29(34)36-31(35)37-30)32(24-10-4-1-5-11-24,25-12-6-2-7-13-25)26-14-8-3-9-15-26/h1-19H,20-22H2. The smallest absolute Gasteiger partial charge is 0.225 e. The molecule has 39 heavy (non-hydrogen) atoms. The first-order valence-corrected chi connectivity index (χ1v) is 13.9. The third kappa shape index (κ3) is 4.74. The number of rotatable bonds is 7. The monoisotopic (exact) mass is 570 g/mol. The second-order valence-corrected chi connectivity index (χ2v) is 10.6. The van der Waals surface area contributed by atoms with E-state index in [-0.39, 0.29) is 5.28 Å². The van der Waals surface area contributed by atoms with Gasteiger partial charge in [0.2, 0.25) is 5.28 Å². The molecule has 0 amide bonds. The highest BCUT2D eigenvalue weighted by Crippen LogP contribution is 2.51. The number of benzene rings is 4. The third-order valence-corrected chi connectivity index (χ3v) is 7.93. The van der Waals surface area contributed by atoms with Gasteiger partial charge in [-0.15, -0.1) is 0 Å². The molecule has 0 saturated carbocycles. The van der Waals surface area contributed by atoms with E-state index in [1.807, 2.05) is 30.3 Å². The minimum absolute atomic E-state index is 0.117. The Bertz CT molecular complexity index is 1470. The molecule has 5 aromatic rings. The Labute approximate surface area is 243 Å². The molecule has 0 aliphatic carbocycles. The van der Waals surface area contributed by atoms with E-state index in [1.165, 1.54) is 5.56 Å². The molecule has 6 rings (SSSR count). The van der Waals surface area contributed by atoms with Gasteiger partial charge in [0.05, 0.1) is 6.67 Å². The molecule has 1 aliphatic rings. The zero-order chi connectivity index (χ0) is 26.8. The molecule has 4 nitrogen and oxygen atoms in total. The van der Waals surface area contributed by atoms with E-state index in [2.05, 4.69) is 99.7 Å². The normalized spacial score (nSPS) is 13.0. The van der Waals surface area contributed by atoms with Gasteiger partial charge in [-0.3, -0.25) is 0 Å². The summed E-state index contributed by atoms with van der Waals surface area (Å²) in [7, 11) is 0. The van der Waals surface area contributed by atoms with Gasteiger partial charge in [0.15, 0.2) is 11.0 Å². The van der Waals surface area contributed by atoms with Gasteiger partial charge in [-0.1, -0.05) is 126 Å². The molecule has 1 aromatic heterocycles. The van der Waals surface area contributed by atoms with Gasteiger partial charge in [-0.2, -0.15) is 4.98 Å². The van der Waals surface area contributed by atoms with Crippen molar-refractivity contribution in [3.8, 4) is 0 Å². The number of aromatic nitrogens is 2. The Kier molecular flexibility index (Phi) is 7.18. The van der Waals surface area contributed by atoms with Gasteiger partial charge in [0.1, 0.15) is 11.2 Å². The van der Waals surface area contributed by atoms with Crippen molar-refractivity contribution in [1.29, 1.82) is 0 Å². The fraction of sp³-hybridized carbons (Fsp3) is 0.125. The maximum absolute atomic E-state index is 6.80. The Morgan fingerprint density at radius 3 is 1.67 bits per heavy atom. The van der Waals surface area contributed by atoms with Crippen LogP contribution in [0.4, 0.5) is 11.5 Å². The molecule has 0 unspecified atom stereocenters. The minimum atomic E-state index is -0.714. The van der Waals surface area contributed by atoms with Gasteiger partial charge < -0.3 is 9.80 Å². The third-order valence-electron chi connectivity index (χ3n) is 7.24. The number of fused-ring (bicyclic) bond motifs is 1. The van der Waals surface area contributed by atoms with Gasteiger partial charge in [-0.05, 0) is 52.4 Å². The van der Waals surface area contributed by atoms with Crippen molar-refractivity contribution in [1.82, 2.24) is 9.97 Å². The Balaban J connectivity index is 1.55. The van der Waals surface area contributed by atoms with Crippen molar-refractivity contribution in [3.05, 3.63) is 153 Å². The lowest BCUT2D eigenvalue weighted by Crippen LogP contribution is -2.50. The molecule has 0 atom stereocenters. The summed E-state index contributed by atoms with van der Waals surface area (Å²) in [6.07, 6.45) is 0.804. The summed E-state index contributed by atoms with van der Waals surface area (Å²) in [6, 6.07) is 39.5. The van der Waals surface area contributed by atoms with E-state index in [9.17, 15) is 0 Å². The van der Waals surface area contributed by atoms with Crippen LogP contribution in [0.15, 0.2) is 115 Å². The summed E-state index contributed by atoms with van der Waals surface area (Å²) < 4.78 is 0. The van der Waals surface area contributed by atoms with Crippen molar-refractivity contribution >= 4 is 46.3 Å². The first-order chi connectivity index (χ1) is 19.1. The van der Waals surface area contributed by atoms with Crippen molar-refractivity contribution < 1.29 is 0 Å². The average Bonchev–Trinajstić information content (AvgIpc) is 3.34. The zero-order valence-electron chi connectivity index (χ0n) is 21.0. The van der Waals surface area contributed by atoms with E-state index in [4.69, 9.17) is 39.8 Å². The van der Waals surface area contributed by atoms with Gasteiger partial charge >= 0.3 is 0 Å². The van der Waals surface area contributed by atoms with E-state index < -0.39 is 5.54 Å². The highest BCUT2D eigenvalue weighted by atomic mass is 35.5. The number of halogens is 3. The molecule has 0 fully saturated rings. The first kappa shape index (κ1) is 25.7. The number of anilines is 2. The number of nitrogens with zero attached hydrogens (tertiary/aromatic N) is 4. The average molecular weight is 572 g/mol. The fourth-order valence-corrected chi connectivity index (χ4v) is 6.15. The number of hydrogen-bond donors (Lipinski definition) is 0. The maximum Gasteiger partial charge on any atom is 0.225 e. The van der Waals surface area contributed by atoms with Crippen LogP contribution in [0.1, 0.15) is 22.3 Å². The van der Waals surface area contributed by atoms with Crippen molar-refractivity contribution in [2.24, 2.45) is 0 Å². The molecule has 0 spiro atoms. The molecule has 194 valence electrons. The van der Waals surface area contributed by atoms with Crippen molar-refractivity contribution in [2.45, 2.75) is 12.0 Å². The van der Waals surface area contributed by atoms with Gasteiger partial charge in [-0.25, -0.2) is 4.98 Å². The lowest BCUT2D eigenvalue weighted by atomic mass is 9.75. The molecular formula is C32H25Cl3N4. The molecule has 4 aromatic carbocycles. The lowest BCUT2D eigenvalue weighted by molar-refractivity contribution is 0.560. The van der Waals surface area contributed by atoms with Gasteiger partial charge in [0, 0.05) is 11.6 Å².